The van der Waals surface area contributed by atoms with Crippen molar-refractivity contribution in [3.05, 3.63) is 34.6 Å². The summed E-state index contributed by atoms with van der Waals surface area (Å²) in [5, 5.41) is 1.15. The fourth-order valence-electron chi connectivity index (χ4n) is 2.93. The van der Waals surface area contributed by atoms with Crippen molar-refractivity contribution in [3.8, 4) is 0 Å². The third kappa shape index (κ3) is 2.82. The Balaban J connectivity index is 2.16. The molecule has 0 saturated heterocycles. The van der Waals surface area contributed by atoms with Gasteiger partial charge in [0.1, 0.15) is 5.78 Å². The fraction of sp³-hybridized carbons (Fsp3) is 0.471. The van der Waals surface area contributed by atoms with Crippen LogP contribution < -0.4 is 5.56 Å². The van der Waals surface area contributed by atoms with Crippen LogP contribution in [-0.4, -0.2) is 20.6 Å². The molecule has 1 atom stereocenters. The Bertz CT molecular complexity index is 763. The van der Waals surface area contributed by atoms with Gasteiger partial charge in [-0.1, -0.05) is 36.7 Å². The first-order valence-electron chi connectivity index (χ1n) is 7.76. The minimum atomic E-state index is -0.194. The van der Waals surface area contributed by atoms with Crippen LogP contribution in [0.25, 0.3) is 10.9 Å². The quantitative estimate of drug-likeness (QED) is 0.639. The molecule has 0 spiro atoms. The predicted molar refractivity (Wildman–Crippen MR) is 89.5 cm³/mol. The number of hydrogen-bond donors (Lipinski definition) is 0. The molecule has 22 heavy (non-hydrogen) atoms. The minimum Gasteiger partial charge on any atom is -0.299 e. The van der Waals surface area contributed by atoms with Crippen molar-refractivity contribution in [3.63, 3.8) is 0 Å². The average molecular weight is 316 g/mol. The number of para-hydroxylation sites is 1. The average Bonchev–Trinajstić information content (AvgIpc) is 3.01. The van der Waals surface area contributed by atoms with E-state index in [1.807, 2.05) is 35.8 Å². The molecule has 1 aliphatic rings. The summed E-state index contributed by atoms with van der Waals surface area (Å²) in [5.41, 5.74) is 0.732. The highest BCUT2D eigenvalue weighted by atomic mass is 32.2. The molecule has 0 aliphatic heterocycles. The molecule has 0 radical (unpaired) electrons. The maximum Gasteiger partial charge on any atom is 0.262 e. The van der Waals surface area contributed by atoms with Crippen LogP contribution in [0.5, 0.6) is 0 Å². The van der Waals surface area contributed by atoms with Crippen LogP contribution >= 0.6 is 11.8 Å². The minimum absolute atomic E-state index is 0.0238. The molecule has 2 aromatic rings. The van der Waals surface area contributed by atoms with Gasteiger partial charge in [0.25, 0.3) is 5.56 Å². The summed E-state index contributed by atoms with van der Waals surface area (Å²) in [4.78, 5) is 29.2. The van der Waals surface area contributed by atoms with E-state index >= 15 is 0 Å². The highest BCUT2D eigenvalue weighted by molar-refractivity contribution is 8.00. The number of nitrogens with zero attached hydrogens (tertiary/aromatic N) is 2. The monoisotopic (exact) mass is 316 g/mol. The van der Waals surface area contributed by atoms with E-state index in [1.165, 1.54) is 11.8 Å². The zero-order chi connectivity index (χ0) is 15.7. The van der Waals surface area contributed by atoms with E-state index in [1.54, 1.807) is 6.92 Å². The van der Waals surface area contributed by atoms with Gasteiger partial charge >= 0.3 is 0 Å². The van der Waals surface area contributed by atoms with Crippen LogP contribution in [0.2, 0.25) is 0 Å². The molecule has 116 valence electrons. The van der Waals surface area contributed by atoms with Crippen LogP contribution in [0.4, 0.5) is 0 Å². The molecule has 1 heterocycles. The Labute approximate surface area is 133 Å². The molecule has 0 unspecified atom stereocenters. The van der Waals surface area contributed by atoms with Gasteiger partial charge in [0.2, 0.25) is 0 Å². The Morgan fingerprint density at radius 2 is 2.00 bits per heavy atom. The largest absolute Gasteiger partial charge is 0.299 e. The van der Waals surface area contributed by atoms with E-state index in [9.17, 15) is 9.59 Å². The van der Waals surface area contributed by atoms with Crippen molar-refractivity contribution < 1.29 is 4.79 Å². The van der Waals surface area contributed by atoms with E-state index < -0.39 is 0 Å². The van der Waals surface area contributed by atoms with E-state index in [0.29, 0.717) is 16.1 Å². The summed E-state index contributed by atoms with van der Waals surface area (Å²) in [6, 6.07) is 7.66. The van der Waals surface area contributed by atoms with Gasteiger partial charge in [0.15, 0.2) is 5.16 Å². The second kappa shape index (κ2) is 6.24. The Morgan fingerprint density at radius 3 is 2.68 bits per heavy atom. The highest BCUT2D eigenvalue weighted by Gasteiger charge is 2.24. The van der Waals surface area contributed by atoms with Crippen molar-refractivity contribution in [1.29, 1.82) is 0 Å². The number of hydrogen-bond acceptors (Lipinski definition) is 4. The van der Waals surface area contributed by atoms with Crippen molar-refractivity contribution in [2.24, 2.45) is 0 Å². The number of aromatic nitrogens is 2. The van der Waals surface area contributed by atoms with Gasteiger partial charge in [-0.25, -0.2) is 4.98 Å². The molecule has 1 fully saturated rings. The van der Waals surface area contributed by atoms with Crippen LogP contribution in [-0.2, 0) is 4.79 Å². The Kier molecular flexibility index (Phi) is 4.34. The van der Waals surface area contributed by atoms with Crippen molar-refractivity contribution in [2.45, 2.75) is 56.0 Å². The number of carbonyl (C=O) groups is 1. The summed E-state index contributed by atoms with van der Waals surface area (Å²) in [5.74, 6) is 0.102. The molecule has 0 bridgehead atoms. The van der Waals surface area contributed by atoms with Gasteiger partial charge < -0.3 is 0 Å². The number of ketones is 1. The molecule has 0 amide bonds. The second-order valence-electron chi connectivity index (χ2n) is 5.90. The standard InChI is InChI=1S/C17H20N2O2S/c1-11(20)12(2)22-17-18-15-10-6-5-9-14(15)16(21)19(17)13-7-3-4-8-13/h5-6,9-10,12-13H,3-4,7-8H2,1-2H3/t12-/m1/s1. The van der Waals surface area contributed by atoms with Crippen molar-refractivity contribution >= 4 is 28.4 Å². The maximum absolute atomic E-state index is 12.9. The van der Waals surface area contributed by atoms with Gasteiger partial charge in [-0.05, 0) is 38.8 Å². The van der Waals surface area contributed by atoms with Gasteiger partial charge in [0.05, 0.1) is 16.2 Å². The van der Waals surface area contributed by atoms with Gasteiger partial charge in [-0.2, -0.15) is 0 Å². The third-order valence-electron chi connectivity index (χ3n) is 4.32. The van der Waals surface area contributed by atoms with Crippen LogP contribution in [0.15, 0.2) is 34.2 Å². The van der Waals surface area contributed by atoms with Crippen LogP contribution in [0, 0.1) is 0 Å². The molecule has 1 aromatic heterocycles. The molecule has 1 saturated carbocycles. The molecule has 4 nitrogen and oxygen atoms in total. The zero-order valence-corrected chi connectivity index (χ0v) is 13.7. The SMILES string of the molecule is CC(=O)[C@@H](C)Sc1nc2ccccc2c(=O)n1C1CCCC1. The number of rotatable bonds is 4. The van der Waals surface area contributed by atoms with Gasteiger partial charge in [0, 0.05) is 6.04 Å². The predicted octanol–water partition coefficient (Wildman–Crippen LogP) is 3.58. The lowest BCUT2D eigenvalue weighted by atomic mass is 10.2. The number of carbonyl (C=O) groups excluding carboxylic acids is 1. The van der Waals surface area contributed by atoms with E-state index in [-0.39, 0.29) is 22.6 Å². The fourth-order valence-corrected chi connectivity index (χ4v) is 3.91. The normalized spacial score (nSPS) is 17.0. The third-order valence-corrected chi connectivity index (χ3v) is 5.50. The molecule has 0 N–H and O–H groups in total. The lowest BCUT2D eigenvalue weighted by Gasteiger charge is -2.19. The number of fused-ring (bicyclic) bond motifs is 1. The highest BCUT2D eigenvalue weighted by Crippen LogP contribution is 2.33. The first kappa shape index (κ1) is 15.3. The molecular weight excluding hydrogens is 296 g/mol. The number of benzene rings is 1. The smallest absolute Gasteiger partial charge is 0.262 e. The summed E-state index contributed by atoms with van der Waals surface area (Å²) in [6.45, 7) is 3.45. The molecule has 1 aromatic carbocycles. The Morgan fingerprint density at radius 1 is 1.32 bits per heavy atom. The lowest BCUT2D eigenvalue weighted by Crippen LogP contribution is -2.27. The zero-order valence-electron chi connectivity index (χ0n) is 12.9. The number of thioether (sulfide) groups is 1. The van der Waals surface area contributed by atoms with E-state index in [0.717, 1.165) is 25.7 Å². The Hall–Kier alpha value is -1.62. The first-order valence-corrected chi connectivity index (χ1v) is 8.64. The summed E-state index contributed by atoms with van der Waals surface area (Å²) >= 11 is 1.40. The van der Waals surface area contributed by atoms with E-state index in [2.05, 4.69) is 4.98 Å². The molecular formula is C17H20N2O2S. The summed E-state index contributed by atoms with van der Waals surface area (Å²) in [6.07, 6.45) is 4.33. The van der Waals surface area contributed by atoms with Crippen LogP contribution in [0.1, 0.15) is 45.6 Å². The van der Waals surface area contributed by atoms with Crippen molar-refractivity contribution in [2.75, 3.05) is 0 Å². The summed E-state index contributed by atoms with van der Waals surface area (Å²) in [7, 11) is 0. The first-order chi connectivity index (χ1) is 10.6. The van der Waals surface area contributed by atoms with Gasteiger partial charge in [-0.3, -0.25) is 14.2 Å². The molecule has 1 aliphatic carbocycles. The van der Waals surface area contributed by atoms with Crippen LogP contribution in [0.3, 0.4) is 0 Å². The van der Waals surface area contributed by atoms with Gasteiger partial charge in [-0.15, -0.1) is 0 Å². The maximum atomic E-state index is 12.9. The summed E-state index contributed by atoms with van der Waals surface area (Å²) < 4.78 is 1.83. The molecule has 5 heteroatoms. The molecule has 3 rings (SSSR count). The lowest BCUT2D eigenvalue weighted by molar-refractivity contribution is -0.116. The second-order valence-corrected chi connectivity index (χ2v) is 7.20. The van der Waals surface area contributed by atoms with Crippen molar-refractivity contribution in [1.82, 2.24) is 9.55 Å². The van der Waals surface area contributed by atoms with E-state index in [4.69, 9.17) is 0 Å². The number of Topliss-reactive ketones (excluding diaryl/α,β-unsaturated/α-hetero) is 1. The topological polar surface area (TPSA) is 52.0 Å².